The van der Waals surface area contributed by atoms with E-state index in [1.54, 1.807) is 0 Å². The molecule has 0 nitrogen and oxygen atoms in total. The van der Waals surface area contributed by atoms with Crippen molar-refractivity contribution in [2.75, 3.05) is 0 Å². The molecule has 0 saturated heterocycles. The zero-order chi connectivity index (χ0) is 29.8. The average Bonchev–Trinajstić information content (AvgIpc) is 3.57. The molecular weight excluding hydrogens is 635 g/mol. The van der Waals surface area contributed by atoms with E-state index in [-0.39, 0.29) is 5.41 Å². The van der Waals surface area contributed by atoms with E-state index in [1.165, 1.54) is 54.9 Å². The second-order valence-electron chi connectivity index (χ2n) is 10.9. The summed E-state index contributed by atoms with van der Waals surface area (Å²) >= 11 is -0.826. The number of halogens is 2. The first kappa shape index (κ1) is 33.3. The zero-order valence-corrected chi connectivity index (χ0v) is 29.8. The van der Waals surface area contributed by atoms with Crippen LogP contribution >= 0.6 is 17.0 Å². The normalized spacial score (nSPS) is 10.4. The Labute approximate surface area is 267 Å². The summed E-state index contributed by atoms with van der Waals surface area (Å²) < 4.78 is 0. The van der Waals surface area contributed by atoms with Gasteiger partial charge in [-0.15, -0.1) is 81.2 Å². The monoisotopic (exact) mass is 670 g/mol. The van der Waals surface area contributed by atoms with Gasteiger partial charge >= 0.3 is 37.9 Å². The Kier molecular flexibility index (Phi) is 13.3. The van der Waals surface area contributed by atoms with Crippen LogP contribution in [0.25, 0.3) is 43.8 Å². The van der Waals surface area contributed by atoms with Gasteiger partial charge in [0.1, 0.15) is 0 Å². The molecule has 0 amide bonds. The summed E-state index contributed by atoms with van der Waals surface area (Å²) in [6.07, 6.45) is 0. The third-order valence-electron chi connectivity index (χ3n) is 6.72. The molecule has 0 aliphatic carbocycles. The predicted molar refractivity (Wildman–Crippen MR) is 183 cm³/mol. The van der Waals surface area contributed by atoms with E-state index in [0.717, 1.165) is 9.52 Å². The van der Waals surface area contributed by atoms with Gasteiger partial charge in [-0.1, -0.05) is 119 Å². The Morgan fingerprint density at radius 1 is 0.659 bits per heavy atom. The van der Waals surface area contributed by atoms with Crippen LogP contribution in [0.5, 0.6) is 0 Å². The van der Waals surface area contributed by atoms with Gasteiger partial charge < -0.3 is 0 Å². The molecule has 0 aliphatic rings. The minimum absolute atomic E-state index is 0.210. The van der Waals surface area contributed by atoms with Crippen LogP contribution in [-0.2, 0) is 26.3 Å². The molecule has 208 valence electrons. The van der Waals surface area contributed by atoms with Crippen LogP contribution in [0.15, 0.2) is 121 Å². The van der Waals surface area contributed by atoms with Crippen molar-refractivity contribution in [2.24, 2.45) is 0 Å². The fraction of sp³-hybridized carbons (Fsp3) is 0.189. The van der Waals surface area contributed by atoms with Crippen LogP contribution in [0.1, 0.15) is 31.9 Å². The maximum Gasteiger partial charge on any atom is -0.0623 e. The van der Waals surface area contributed by atoms with Crippen molar-refractivity contribution in [1.82, 2.24) is 0 Å². The third-order valence-corrected chi connectivity index (χ3v) is 6.72. The minimum atomic E-state index is -0.826. The Bertz CT molecular complexity index is 1600. The standard InChI is InChI=1S/C20H21.C15H11.C2H6Si.2ClH.Zr/c1-14-12-16-6-5-7-18(19(16)13-14)15-8-10-17(11-9-15)20(2,3)4;1-2-6-12(7-3-1)15-11-10-13-8-4-5-9-14(13)15;1-3-2;;;/h5-13H,1-4H3;1-11H;1-2H3;2*1H;/q2*-1;;;;+4/p-2. The van der Waals surface area contributed by atoms with E-state index < -0.39 is 20.8 Å². The summed E-state index contributed by atoms with van der Waals surface area (Å²) in [6.45, 7) is 13.2. The van der Waals surface area contributed by atoms with Crippen LogP contribution in [0.2, 0.25) is 13.1 Å². The molecule has 0 atom stereocenters. The molecule has 0 N–H and O–H groups in total. The molecular formula is C37H38Cl2SiZr. The van der Waals surface area contributed by atoms with E-state index in [2.05, 4.69) is 162 Å². The summed E-state index contributed by atoms with van der Waals surface area (Å²) in [6, 6.07) is 43.5. The Hall–Kier alpha value is -2.22. The van der Waals surface area contributed by atoms with Crippen molar-refractivity contribution in [3.8, 4) is 22.3 Å². The first-order chi connectivity index (χ1) is 19.7. The second kappa shape index (κ2) is 16.4. The number of rotatable bonds is 2. The Balaban J connectivity index is 0.000000194. The average molecular weight is 673 g/mol. The molecule has 0 fully saturated rings. The number of hydrogen-bond acceptors (Lipinski definition) is 0. The maximum absolute atomic E-state index is 4.93. The van der Waals surface area contributed by atoms with Crippen LogP contribution < -0.4 is 0 Å². The molecule has 0 aromatic heterocycles. The number of benzene rings is 4. The van der Waals surface area contributed by atoms with Crippen molar-refractivity contribution >= 4 is 48.1 Å². The molecule has 6 rings (SSSR count). The van der Waals surface area contributed by atoms with Crippen molar-refractivity contribution in [1.29, 1.82) is 0 Å². The zero-order valence-electron chi connectivity index (χ0n) is 24.8. The molecule has 41 heavy (non-hydrogen) atoms. The van der Waals surface area contributed by atoms with Crippen molar-refractivity contribution in [3.63, 3.8) is 0 Å². The first-order valence-electron chi connectivity index (χ1n) is 13.7. The third kappa shape index (κ3) is 9.39. The van der Waals surface area contributed by atoms with E-state index in [1.807, 2.05) is 0 Å². The van der Waals surface area contributed by atoms with Crippen LogP contribution in [0.3, 0.4) is 0 Å². The fourth-order valence-corrected chi connectivity index (χ4v) is 4.81. The van der Waals surface area contributed by atoms with Crippen molar-refractivity contribution < 1.29 is 20.8 Å². The number of hydrogen-bond donors (Lipinski definition) is 0. The van der Waals surface area contributed by atoms with Gasteiger partial charge in [-0.05, 0) is 16.5 Å². The SMILES string of the molecule is C[Si]C.Cc1cc2c(-c3ccc(C(C)(C)C)cc3)cccc2[cH-]1.[Cl][Zr+2][Cl].c1ccc(-c2c[cH-]c3ccccc23)cc1. The van der Waals surface area contributed by atoms with Gasteiger partial charge in [0.15, 0.2) is 0 Å². The van der Waals surface area contributed by atoms with Gasteiger partial charge in [0.2, 0.25) is 0 Å². The quantitative estimate of drug-likeness (QED) is 0.127. The summed E-state index contributed by atoms with van der Waals surface area (Å²) in [7, 11) is 11.0. The van der Waals surface area contributed by atoms with Crippen LogP contribution in [-0.4, -0.2) is 9.52 Å². The molecule has 0 bridgehead atoms. The molecule has 0 aliphatic heterocycles. The van der Waals surface area contributed by atoms with Crippen molar-refractivity contribution in [2.45, 2.75) is 46.2 Å². The van der Waals surface area contributed by atoms with E-state index in [0.29, 0.717) is 0 Å². The van der Waals surface area contributed by atoms with Crippen LogP contribution in [0.4, 0.5) is 0 Å². The Morgan fingerprint density at radius 3 is 1.85 bits per heavy atom. The molecule has 0 heterocycles. The topological polar surface area (TPSA) is 0 Å². The summed E-state index contributed by atoms with van der Waals surface area (Å²) in [5, 5.41) is 5.34. The molecule has 6 aromatic carbocycles. The van der Waals surface area contributed by atoms with Crippen LogP contribution in [0, 0.1) is 6.92 Å². The summed E-state index contributed by atoms with van der Waals surface area (Å²) in [5.41, 5.74) is 8.17. The smallest absolute Gasteiger partial charge is 0.0623 e. The van der Waals surface area contributed by atoms with Gasteiger partial charge in [0.05, 0.1) is 0 Å². The van der Waals surface area contributed by atoms with Gasteiger partial charge in [0.25, 0.3) is 0 Å². The largest absolute Gasteiger partial charge is 0.150 e. The summed E-state index contributed by atoms with van der Waals surface area (Å²) in [4.78, 5) is 0. The van der Waals surface area contributed by atoms with E-state index in [9.17, 15) is 0 Å². The maximum atomic E-state index is 4.93. The van der Waals surface area contributed by atoms with E-state index >= 15 is 0 Å². The first-order valence-corrected chi connectivity index (χ1v) is 22.1. The van der Waals surface area contributed by atoms with Gasteiger partial charge in [-0.25, -0.2) is 0 Å². The second-order valence-corrected chi connectivity index (χ2v) is 15.7. The van der Waals surface area contributed by atoms with E-state index in [4.69, 9.17) is 17.0 Å². The molecule has 4 heteroatoms. The van der Waals surface area contributed by atoms with Gasteiger partial charge in [-0.3, -0.25) is 0 Å². The fourth-order valence-electron chi connectivity index (χ4n) is 4.81. The van der Waals surface area contributed by atoms with Gasteiger partial charge in [0, 0.05) is 9.52 Å². The molecule has 0 unspecified atom stereocenters. The summed E-state index contributed by atoms with van der Waals surface area (Å²) in [5.74, 6) is 0. The Morgan fingerprint density at radius 2 is 1.22 bits per heavy atom. The molecule has 0 spiro atoms. The molecule has 6 aromatic rings. The number of fused-ring (bicyclic) bond motifs is 2. The molecule has 2 radical (unpaired) electrons. The predicted octanol–water partition coefficient (Wildman–Crippen LogP) is 12.2. The molecule has 0 saturated carbocycles. The van der Waals surface area contributed by atoms with Gasteiger partial charge in [-0.2, -0.15) is 6.07 Å². The van der Waals surface area contributed by atoms with Crippen molar-refractivity contribution in [3.05, 3.63) is 132 Å². The minimum Gasteiger partial charge on any atom is -0.150 e. The number of aryl methyl sites for hydroxylation is 1.